The molecule has 0 unspecified atom stereocenters. The van der Waals surface area contributed by atoms with Crippen molar-refractivity contribution < 1.29 is 17.9 Å². The number of nitrogens with one attached hydrogen (secondary N) is 2. The van der Waals surface area contributed by atoms with Gasteiger partial charge >= 0.3 is 0 Å². The number of hydrogen-bond acceptors (Lipinski definition) is 7. The molecule has 2 aromatic carbocycles. The zero-order valence-corrected chi connectivity index (χ0v) is 19.7. The highest BCUT2D eigenvalue weighted by atomic mass is 35.5. The van der Waals surface area contributed by atoms with Crippen molar-refractivity contribution in [3.05, 3.63) is 47.0 Å². The third-order valence-corrected chi connectivity index (χ3v) is 7.91. The second-order valence-corrected chi connectivity index (χ2v) is 10.2. The number of aromatic nitrogens is 1. The van der Waals surface area contributed by atoms with Crippen molar-refractivity contribution in [2.75, 3.05) is 26.1 Å². The van der Waals surface area contributed by atoms with Crippen molar-refractivity contribution in [3.8, 4) is 5.75 Å². The minimum atomic E-state index is -3.58. The molecular weight excluding hydrogens is 460 g/mol. The molecule has 31 heavy (non-hydrogen) atoms. The van der Waals surface area contributed by atoms with E-state index in [0.717, 1.165) is 17.5 Å². The molecule has 166 valence electrons. The van der Waals surface area contributed by atoms with Gasteiger partial charge in [0.2, 0.25) is 15.2 Å². The third-order valence-electron chi connectivity index (χ3n) is 4.61. The number of anilines is 1. The highest BCUT2D eigenvalue weighted by molar-refractivity contribution is 7.89. The number of rotatable bonds is 9. The number of sulfonamides is 1. The molecule has 11 heteroatoms. The fourth-order valence-corrected chi connectivity index (χ4v) is 5.13. The number of amides is 1. The molecule has 0 aliphatic rings. The Morgan fingerprint density at radius 1 is 1.23 bits per heavy atom. The van der Waals surface area contributed by atoms with Crippen LogP contribution in [0.25, 0.3) is 10.2 Å². The summed E-state index contributed by atoms with van der Waals surface area (Å²) in [6, 6.07) is 9.23. The predicted octanol–water partition coefficient (Wildman–Crippen LogP) is 4.14. The molecule has 0 spiro atoms. The van der Waals surface area contributed by atoms with Crippen molar-refractivity contribution in [2.24, 2.45) is 0 Å². The van der Waals surface area contributed by atoms with E-state index in [1.54, 1.807) is 26.3 Å². The van der Waals surface area contributed by atoms with Gasteiger partial charge in [-0.05, 0) is 42.8 Å². The third kappa shape index (κ3) is 5.09. The van der Waals surface area contributed by atoms with Gasteiger partial charge in [0.05, 0.1) is 21.7 Å². The molecule has 2 N–H and O–H groups in total. The molecule has 0 aliphatic heterocycles. The number of ether oxygens (including phenoxy) is 1. The summed E-state index contributed by atoms with van der Waals surface area (Å²) in [5, 5.41) is 0.972. The Labute approximate surface area is 190 Å². The Morgan fingerprint density at radius 3 is 2.58 bits per heavy atom. The Kier molecular flexibility index (Phi) is 7.37. The second-order valence-electron chi connectivity index (χ2n) is 6.73. The van der Waals surface area contributed by atoms with Gasteiger partial charge in [-0.3, -0.25) is 15.6 Å². The fraction of sp³-hybridized carbons (Fsp3) is 0.300. The second kappa shape index (κ2) is 9.82. The number of methoxy groups -OCH3 is 1. The van der Waals surface area contributed by atoms with Crippen LogP contribution in [0.1, 0.15) is 30.1 Å². The zero-order chi connectivity index (χ0) is 22.6. The molecule has 0 fully saturated rings. The van der Waals surface area contributed by atoms with E-state index in [2.05, 4.69) is 15.8 Å². The number of carbonyl (C=O) groups is 1. The summed E-state index contributed by atoms with van der Waals surface area (Å²) in [7, 11) is -0.487. The molecule has 0 radical (unpaired) electrons. The lowest BCUT2D eigenvalue weighted by Crippen LogP contribution is -2.30. The van der Waals surface area contributed by atoms with Gasteiger partial charge in [0.15, 0.2) is 0 Å². The number of benzene rings is 2. The number of nitrogens with zero attached hydrogens (tertiary/aromatic N) is 2. The predicted molar refractivity (Wildman–Crippen MR) is 123 cm³/mol. The summed E-state index contributed by atoms with van der Waals surface area (Å²) >= 11 is 7.48. The monoisotopic (exact) mass is 482 g/mol. The first kappa shape index (κ1) is 23.3. The van der Waals surface area contributed by atoms with Crippen molar-refractivity contribution >= 4 is 54.2 Å². The van der Waals surface area contributed by atoms with Crippen LogP contribution in [-0.2, 0) is 10.0 Å². The van der Waals surface area contributed by atoms with Gasteiger partial charge in [-0.25, -0.2) is 17.7 Å². The highest BCUT2D eigenvalue weighted by Crippen LogP contribution is 2.37. The Bertz CT molecular complexity index is 1180. The number of thiazole rings is 1. The molecule has 0 aliphatic carbocycles. The van der Waals surface area contributed by atoms with E-state index in [-0.39, 0.29) is 4.90 Å². The van der Waals surface area contributed by atoms with Crippen LogP contribution in [0.4, 0.5) is 5.13 Å². The molecule has 8 nitrogen and oxygen atoms in total. The lowest BCUT2D eigenvalue weighted by Gasteiger charge is -2.17. The lowest BCUT2D eigenvalue weighted by molar-refractivity contribution is 0.0962. The van der Waals surface area contributed by atoms with E-state index < -0.39 is 15.9 Å². The van der Waals surface area contributed by atoms with Crippen LogP contribution in [0.3, 0.4) is 0 Å². The van der Waals surface area contributed by atoms with Gasteiger partial charge in [0, 0.05) is 19.2 Å². The molecular formula is C20H23ClN4O4S2. The number of fused-ring (bicyclic) bond motifs is 1. The molecule has 0 saturated heterocycles. The maximum Gasteiger partial charge on any atom is 0.269 e. The largest absolute Gasteiger partial charge is 0.494 e. The van der Waals surface area contributed by atoms with E-state index in [1.807, 2.05) is 6.92 Å². The standard InChI is InChI=1S/C20H23ClN4O4S2/c1-4-5-12-25(2)31(27,28)14-8-6-13(7-9-14)19(26)23-24-20-22-17-16(29-3)11-10-15(21)18(17)30-20/h6-11H,4-5,12H2,1-3H3,(H,22,24)(H,23,26). The lowest BCUT2D eigenvalue weighted by atomic mass is 10.2. The summed E-state index contributed by atoms with van der Waals surface area (Å²) in [6.07, 6.45) is 1.68. The highest BCUT2D eigenvalue weighted by Gasteiger charge is 2.20. The average Bonchev–Trinajstić information content (AvgIpc) is 3.21. The van der Waals surface area contributed by atoms with E-state index in [9.17, 15) is 13.2 Å². The van der Waals surface area contributed by atoms with Gasteiger partial charge < -0.3 is 4.74 Å². The molecule has 1 amide bonds. The van der Waals surface area contributed by atoms with Crippen molar-refractivity contribution in [1.29, 1.82) is 0 Å². The number of unbranched alkanes of at least 4 members (excludes halogenated alkanes) is 1. The van der Waals surface area contributed by atoms with Gasteiger partial charge in [-0.1, -0.05) is 36.3 Å². The van der Waals surface area contributed by atoms with Crippen LogP contribution in [0.5, 0.6) is 5.75 Å². The summed E-state index contributed by atoms with van der Waals surface area (Å²) in [4.78, 5) is 17.0. The number of halogens is 1. The summed E-state index contributed by atoms with van der Waals surface area (Å²) in [5.41, 5.74) is 6.22. The first-order valence-corrected chi connectivity index (χ1v) is 12.2. The number of hydrogen-bond donors (Lipinski definition) is 2. The number of carbonyl (C=O) groups excluding carboxylic acids is 1. The van der Waals surface area contributed by atoms with Gasteiger partial charge in [0.25, 0.3) is 5.91 Å². The van der Waals surface area contributed by atoms with E-state index >= 15 is 0 Å². The van der Waals surface area contributed by atoms with Crippen molar-refractivity contribution in [1.82, 2.24) is 14.7 Å². The van der Waals surface area contributed by atoms with Crippen molar-refractivity contribution in [3.63, 3.8) is 0 Å². The van der Waals surface area contributed by atoms with Crippen LogP contribution in [0, 0.1) is 0 Å². The summed E-state index contributed by atoms with van der Waals surface area (Å²) < 4.78 is 32.5. The van der Waals surface area contributed by atoms with Gasteiger partial charge in [-0.15, -0.1) is 0 Å². The topological polar surface area (TPSA) is 101 Å². The Morgan fingerprint density at radius 2 is 1.94 bits per heavy atom. The SMILES string of the molecule is CCCCN(C)S(=O)(=O)c1ccc(C(=O)NNc2nc3c(OC)ccc(Cl)c3s2)cc1. The quantitative estimate of drug-likeness (QED) is 0.444. The van der Waals surface area contributed by atoms with Crippen LogP contribution in [0.15, 0.2) is 41.3 Å². The van der Waals surface area contributed by atoms with E-state index in [4.69, 9.17) is 16.3 Å². The Balaban J connectivity index is 1.69. The molecule has 0 atom stereocenters. The van der Waals surface area contributed by atoms with Crippen molar-refractivity contribution in [2.45, 2.75) is 24.7 Å². The van der Waals surface area contributed by atoms with Gasteiger partial charge in [-0.2, -0.15) is 0 Å². The van der Waals surface area contributed by atoms with E-state index in [1.165, 1.54) is 39.9 Å². The molecule has 3 aromatic rings. The maximum atomic E-state index is 12.6. The van der Waals surface area contributed by atoms with Crippen LogP contribution in [0.2, 0.25) is 5.02 Å². The number of hydrazine groups is 1. The van der Waals surface area contributed by atoms with Crippen LogP contribution >= 0.6 is 22.9 Å². The maximum absolute atomic E-state index is 12.6. The minimum absolute atomic E-state index is 0.142. The molecule has 1 aromatic heterocycles. The first-order valence-electron chi connectivity index (χ1n) is 9.53. The molecule has 1 heterocycles. The fourth-order valence-electron chi connectivity index (χ4n) is 2.81. The first-order chi connectivity index (χ1) is 14.8. The average molecular weight is 483 g/mol. The van der Waals surface area contributed by atoms with Crippen LogP contribution < -0.4 is 15.6 Å². The molecule has 3 rings (SSSR count). The smallest absolute Gasteiger partial charge is 0.269 e. The van der Waals surface area contributed by atoms with Crippen LogP contribution in [-0.4, -0.2) is 44.3 Å². The summed E-state index contributed by atoms with van der Waals surface area (Å²) in [5.74, 6) is 0.149. The van der Waals surface area contributed by atoms with Gasteiger partial charge in [0.1, 0.15) is 11.3 Å². The Hall–Kier alpha value is -2.40. The zero-order valence-electron chi connectivity index (χ0n) is 17.3. The minimum Gasteiger partial charge on any atom is -0.494 e. The molecule has 0 bridgehead atoms. The summed E-state index contributed by atoms with van der Waals surface area (Å²) in [6.45, 7) is 2.45. The normalized spacial score (nSPS) is 11.6. The van der Waals surface area contributed by atoms with E-state index in [0.29, 0.717) is 33.5 Å². The molecule has 0 saturated carbocycles.